The van der Waals surface area contributed by atoms with Crippen molar-refractivity contribution in [3.05, 3.63) is 62.1 Å². The highest BCUT2D eigenvalue weighted by atomic mass is 79.9. The second-order valence-corrected chi connectivity index (χ2v) is 5.33. The highest BCUT2D eigenvalue weighted by Crippen LogP contribution is 2.35. The summed E-state index contributed by atoms with van der Waals surface area (Å²) in [6, 6.07) is 9.72. The monoisotopic (exact) mass is 349 g/mol. The SMILES string of the molecule is CC(=O)c1ccc(Oc2cccc(C)c2[N+](=O)[O-])cc1Br. The molecule has 0 amide bonds. The van der Waals surface area contributed by atoms with E-state index in [1.165, 1.54) is 13.0 Å². The third-order valence-electron chi connectivity index (χ3n) is 2.93. The van der Waals surface area contributed by atoms with Gasteiger partial charge in [0, 0.05) is 15.6 Å². The molecule has 0 fully saturated rings. The molecule has 21 heavy (non-hydrogen) atoms. The lowest BCUT2D eigenvalue weighted by atomic mass is 10.1. The standard InChI is InChI=1S/C15H12BrNO4/c1-9-4-3-5-14(15(9)17(19)20)21-11-6-7-12(10(2)18)13(16)8-11/h3-8H,1-2H3. The number of ether oxygens (including phenoxy) is 1. The fourth-order valence-corrected chi connectivity index (χ4v) is 2.56. The van der Waals surface area contributed by atoms with E-state index < -0.39 is 4.92 Å². The number of nitro groups is 1. The first-order valence-corrected chi connectivity index (χ1v) is 6.92. The fraction of sp³-hybridized carbons (Fsp3) is 0.133. The van der Waals surface area contributed by atoms with Crippen molar-refractivity contribution in [1.82, 2.24) is 0 Å². The first-order chi connectivity index (χ1) is 9.90. The largest absolute Gasteiger partial charge is 0.450 e. The molecule has 0 heterocycles. The summed E-state index contributed by atoms with van der Waals surface area (Å²) in [6.07, 6.45) is 0. The zero-order valence-electron chi connectivity index (χ0n) is 11.4. The van der Waals surface area contributed by atoms with E-state index in [2.05, 4.69) is 15.9 Å². The van der Waals surface area contributed by atoms with Crippen molar-refractivity contribution >= 4 is 27.4 Å². The zero-order chi connectivity index (χ0) is 15.6. The number of halogens is 1. The van der Waals surface area contributed by atoms with Crippen LogP contribution in [-0.2, 0) is 0 Å². The maximum Gasteiger partial charge on any atom is 0.314 e. The molecule has 2 aromatic rings. The lowest BCUT2D eigenvalue weighted by Crippen LogP contribution is -1.97. The van der Waals surface area contributed by atoms with Crippen LogP contribution in [0.1, 0.15) is 22.8 Å². The van der Waals surface area contributed by atoms with E-state index in [9.17, 15) is 14.9 Å². The Morgan fingerprint density at radius 2 is 2.00 bits per heavy atom. The highest BCUT2D eigenvalue weighted by Gasteiger charge is 2.19. The van der Waals surface area contributed by atoms with E-state index in [1.807, 2.05) is 0 Å². The zero-order valence-corrected chi connectivity index (χ0v) is 13.0. The summed E-state index contributed by atoms with van der Waals surface area (Å²) in [5, 5.41) is 11.1. The molecule has 5 nitrogen and oxygen atoms in total. The van der Waals surface area contributed by atoms with E-state index in [-0.39, 0.29) is 17.2 Å². The summed E-state index contributed by atoms with van der Waals surface area (Å²) >= 11 is 3.29. The Bertz CT molecular complexity index is 728. The molecule has 0 aliphatic rings. The van der Waals surface area contributed by atoms with Crippen LogP contribution in [0.4, 0.5) is 5.69 Å². The van der Waals surface area contributed by atoms with Gasteiger partial charge in [0.25, 0.3) is 0 Å². The molecule has 0 aliphatic carbocycles. The van der Waals surface area contributed by atoms with Gasteiger partial charge in [0.15, 0.2) is 5.78 Å². The maximum absolute atomic E-state index is 11.4. The van der Waals surface area contributed by atoms with Gasteiger partial charge < -0.3 is 4.74 Å². The molecule has 0 unspecified atom stereocenters. The molecule has 2 aromatic carbocycles. The number of aryl methyl sites for hydroxylation is 1. The van der Waals surface area contributed by atoms with Gasteiger partial charge in [-0.3, -0.25) is 14.9 Å². The van der Waals surface area contributed by atoms with Crippen LogP contribution in [0.2, 0.25) is 0 Å². The molecule has 0 spiro atoms. The summed E-state index contributed by atoms with van der Waals surface area (Å²) in [6.45, 7) is 3.12. The lowest BCUT2D eigenvalue weighted by molar-refractivity contribution is -0.386. The van der Waals surface area contributed by atoms with Crippen LogP contribution in [0.15, 0.2) is 40.9 Å². The van der Waals surface area contributed by atoms with Gasteiger partial charge in [-0.15, -0.1) is 0 Å². The Morgan fingerprint density at radius 1 is 1.29 bits per heavy atom. The number of hydrogen-bond acceptors (Lipinski definition) is 4. The predicted octanol–water partition coefficient (Wildman–Crippen LogP) is 4.66. The molecule has 0 N–H and O–H groups in total. The second kappa shape index (κ2) is 6.05. The Balaban J connectivity index is 2.39. The molecular formula is C15H12BrNO4. The molecule has 0 radical (unpaired) electrons. The lowest BCUT2D eigenvalue weighted by Gasteiger charge is -2.09. The number of para-hydroxylation sites is 1. The molecule has 0 aromatic heterocycles. The van der Waals surface area contributed by atoms with Gasteiger partial charge >= 0.3 is 5.69 Å². The number of nitro benzene ring substituents is 1. The molecule has 2 rings (SSSR count). The van der Waals surface area contributed by atoms with E-state index in [4.69, 9.17) is 4.74 Å². The molecule has 108 valence electrons. The third kappa shape index (κ3) is 3.28. The molecule has 0 aliphatic heterocycles. The summed E-state index contributed by atoms with van der Waals surface area (Å²) in [5.41, 5.74) is 0.988. The van der Waals surface area contributed by atoms with Crippen LogP contribution in [0.5, 0.6) is 11.5 Å². The first-order valence-electron chi connectivity index (χ1n) is 6.12. The van der Waals surface area contributed by atoms with Crippen LogP contribution < -0.4 is 4.74 Å². The highest BCUT2D eigenvalue weighted by molar-refractivity contribution is 9.10. The van der Waals surface area contributed by atoms with Crippen molar-refractivity contribution in [2.75, 3.05) is 0 Å². The van der Waals surface area contributed by atoms with Crippen LogP contribution in [-0.4, -0.2) is 10.7 Å². The molecule has 0 saturated carbocycles. The van der Waals surface area contributed by atoms with E-state index >= 15 is 0 Å². The number of benzene rings is 2. The molecule has 0 bridgehead atoms. The van der Waals surface area contributed by atoms with Crippen molar-refractivity contribution in [2.45, 2.75) is 13.8 Å². The van der Waals surface area contributed by atoms with Crippen LogP contribution >= 0.6 is 15.9 Å². The average Bonchev–Trinajstić information content (AvgIpc) is 2.37. The summed E-state index contributed by atoms with van der Waals surface area (Å²) in [5.74, 6) is 0.512. The number of rotatable bonds is 4. The quantitative estimate of drug-likeness (QED) is 0.457. The van der Waals surface area contributed by atoms with E-state index in [0.29, 0.717) is 21.3 Å². The van der Waals surface area contributed by atoms with Crippen molar-refractivity contribution in [1.29, 1.82) is 0 Å². The minimum absolute atomic E-state index is 0.0655. The number of carbonyl (C=O) groups is 1. The normalized spacial score (nSPS) is 10.2. The minimum Gasteiger partial charge on any atom is -0.450 e. The third-order valence-corrected chi connectivity index (χ3v) is 3.59. The summed E-state index contributed by atoms with van der Waals surface area (Å²) < 4.78 is 6.17. The van der Waals surface area contributed by atoms with Gasteiger partial charge in [-0.05, 0) is 54.0 Å². The topological polar surface area (TPSA) is 69.4 Å². The Labute approximate surface area is 129 Å². The van der Waals surface area contributed by atoms with Gasteiger partial charge in [-0.25, -0.2) is 0 Å². The number of carbonyl (C=O) groups excluding carboxylic acids is 1. The number of Topliss-reactive ketones (excluding diaryl/α,β-unsaturated/α-hetero) is 1. The fourth-order valence-electron chi connectivity index (χ4n) is 1.92. The predicted molar refractivity (Wildman–Crippen MR) is 82.1 cm³/mol. The maximum atomic E-state index is 11.4. The van der Waals surface area contributed by atoms with Gasteiger partial charge in [-0.1, -0.05) is 12.1 Å². The van der Waals surface area contributed by atoms with Crippen molar-refractivity contribution in [2.24, 2.45) is 0 Å². The summed E-state index contributed by atoms with van der Waals surface area (Å²) in [4.78, 5) is 22.0. The van der Waals surface area contributed by atoms with E-state index in [0.717, 1.165) is 0 Å². The molecule has 0 saturated heterocycles. The van der Waals surface area contributed by atoms with Crippen LogP contribution in [0.25, 0.3) is 0 Å². The second-order valence-electron chi connectivity index (χ2n) is 4.48. The van der Waals surface area contributed by atoms with Gasteiger partial charge in [0.2, 0.25) is 5.75 Å². The molecular weight excluding hydrogens is 338 g/mol. The van der Waals surface area contributed by atoms with Crippen LogP contribution in [0.3, 0.4) is 0 Å². The van der Waals surface area contributed by atoms with Gasteiger partial charge in [-0.2, -0.15) is 0 Å². The van der Waals surface area contributed by atoms with Crippen molar-refractivity contribution in [3.63, 3.8) is 0 Å². The van der Waals surface area contributed by atoms with Crippen LogP contribution in [0, 0.1) is 17.0 Å². The van der Waals surface area contributed by atoms with Crippen molar-refractivity contribution in [3.8, 4) is 11.5 Å². The number of ketones is 1. The summed E-state index contributed by atoms with van der Waals surface area (Å²) in [7, 11) is 0. The van der Waals surface area contributed by atoms with Gasteiger partial charge in [0.1, 0.15) is 5.75 Å². The molecule has 0 atom stereocenters. The average molecular weight is 350 g/mol. The number of hydrogen-bond donors (Lipinski definition) is 0. The molecule has 6 heteroatoms. The Hall–Kier alpha value is -2.21. The minimum atomic E-state index is -0.469. The van der Waals surface area contributed by atoms with Gasteiger partial charge in [0.05, 0.1) is 4.92 Å². The Morgan fingerprint density at radius 3 is 2.57 bits per heavy atom. The Kier molecular flexibility index (Phi) is 4.37. The van der Waals surface area contributed by atoms with E-state index in [1.54, 1.807) is 37.3 Å². The number of nitrogens with zero attached hydrogens (tertiary/aromatic N) is 1. The first kappa shape index (κ1) is 15.2. The smallest absolute Gasteiger partial charge is 0.314 e. The van der Waals surface area contributed by atoms with Crippen molar-refractivity contribution < 1.29 is 14.5 Å².